The molecule has 15 heteroatoms. The van der Waals surface area contributed by atoms with Gasteiger partial charge in [-0.15, -0.1) is 0 Å². The fourth-order valence-corrected chi connectivity index (χ4v) is 1.75. The highest BCUT2D eigenvalue weighted by Gasteiger charge is 2.51. The van der Waals surface area contributed by atoms with Crippen LogP contribution in [-0.2, 0) is 20.2 Å². The van der Waals surface area contributed by atoms with Gasteiger partial charge >= 0.3 is 31.3 Å². The Morgan fingerprint density at radius 1 is 0.818 bits per heavy atom. The Hall–Kier alpha value is -1.77. The molecule has 0 spiro atoms. The molecule has 0 fully saturated rings. The van der Waals surface area contributed by atoms with E-state index in [-0.39, 0.29) is 6.20 Å². The summed E-state index contributed by atoms with van der Waals surface area (Å²) in [6, 6.07) is 0.366. The van der Waals surface area contributed by atoms with Gasteiger partial charge < -0.3 is 8.37 Å². The predicted molar refractivity (Wildman–Crippen MR) is 55.4 cm³/mol. The summed E-state index contributed by atoms with van der Waals surface area (Å²) in [4.78, 5) is 3.09. The van der Waals surface area contributed by atoms with Crippen molar-refractivity contribution in [2.75, 3.05) is 0 Å². The van der Waals surface area contributed by atoms with Crippen molar-refractivity contribution >= 4 is 20.2 Å². The molecule has 0 N–H and O–H groups in total. The second-order valence-corrected chi connectivity index (χ2v) is 6.36. The lowest BCUT2D eigenvalue weighted by atomic mass is 10.4. The van der Waals surface area contributed by atoms with E-state index in [1.54, 1.807) is 0 Å². The SMILES string of the molecule is O=S(=O)(Oc1ccncc1OS(=O)(=O)C(F)(F)F)C(F)(F)F. The van der Waals surface area contributed by atoms with Crippen LogP contribution < -0.4 is 8.37 Å². The van der Waals surface area contributed by atoms with Crippen molar-refractivity contribution in [3.8, 4) is 11.5 Å². The number of hydrogen-bond acceptors (Lipinski definition) is 7. The fraction of sp³-hybridized carbons (Fsp3) is 0.286. The lowest BCUT2D eigenvalue weighted by Crippen LogP contribution is -2.30. The lowest BCUT2D eigenvalue weighted by molar-refractivity contribution is -0.0513. The summed E-state index contributed by atoms with van der Waals surface area (Å²) < 4.78 is 123. The molecule has 0 amide bonds. The van der Waals surface area contributed by atoms with Gasteiger partial charge in [-0.2, -0.15) is 43.2 Å². The fourth-order valence-electron chi connectivity index (χ4n) is 0.830. The van der Waals surface area contributed by atoms with Crippen molar-refractivity contribution in [2.24, 2.45) is 0 Å². The molecule has 0 unspecified atom stereocenters. The van der Waals surface area contributed by atoms with Crippen LogP contribution in [-0.4, -0.2) is 32.8 Å². The molecule has 1 aromatic rings. The van der Waals surface area contributed by atoms with Gasteiger partial charge in [0.05, 0.1) is 6.20 Å². The van der Waals surface area contributed by atoms with Crippen LogP contribution >= 0.6 is 0 Å². The minimum Gasteiger partial charge on any atom is -0.372 e. The molecule has 0 atom stereocenters. The maximum atomic E-state index is 12.1. The zero-order valence-electron chi connectivity index (χ0n) is 9.71. The maximum absolute atomic E-state index is 12.1. The molecule has 0 radical (unpaired) electrons. The van der Waals surface area contributed by atoms with E-state index in [1.807, 2.05) is 0 Å². The normalized spacial score (nSPS) is 13.7. The van der Waals surface area contributed by atoms with E-state index < -0.39 is 42.8 Å². The Labute approximate surface area is 118 Å². The summed E-state index contributed by atoms with van der Waals surface area (Å²) in [5.74, 6) is -2.94. The van der Waals surface area contributed by atoms with Gasteiger partial charge in [0.2, 0.25) is 5.75 Å². The van der Waals surface area contributed by atoms with Crippen molar-refractivity contribution in [1.29, 1.82) is 0 Å². The summed E-state index contributed by atoms with van der Waals surface area (Å²) in [5, 5.41) is 0. The van der Waals surface area contributed by atoms with Crippen molar-refractivity contribution in [1.82, 2.24) is 4.98 Å². The minimum atomic E-state index is -6.26. The van der Waals surface area contributed by atoms with Crippen LogP contribution in [0.25, 0.3) is 0 Å². The first-order chi connectivity index (χ1) is 9.67. The number of pyridine rings is 1. The zero-order chi connectivity index (χ0) is 17.4. The molecule has 1 rings (SSSR count). The number of rotatable bonds is 4. The van der Waals surface area contributed by atoms with E-state index in [0.717, 1.165) is 0 Å². The third kappa shape index (κ3) is 3.90. The number of alkyl halides is 6. The van der Waals surface area contributed by atoms with E-state index in [9.17, 15) is 43.2 Å². The summed E-state index contributed by atoms with van der Waals surface area (Å²) in [6.07, 6.45) is 0.860. The summed E-state index contributed by atoms with van der Waals surface area (Å²) in [6.45, 7) is 0. The summed E-state index contributed by atoms with van der Waals surface area (Å²) in [7, 11) is -12.5. The van der Waals surface area contributed by atoms with Gasteiger partial charge in [-0.05, 0) is 0 Å². The van der Waals surface area contributed by atoms with Gasteiger partial charge in [0.15, 0.2) is 5.75 Å². The van der Waals surface area contributed by atoms with Crippen LogP contribution in [0.15, 0.2) is 18.5 Å². The Kier molecular flexibility index (Phi) is 4.53. The first-order valence-electron chi connectivity index (χ1n) is 4.63. The van der Waals surface area contributed by atoms with Crippen LogP contribution in [0.3, 0.4) is 0 Å². The molecule has 7 nitrogen and oxygen atoms in total. The van der Waals surface area contributed by atoms with Crippen molar-refractivity contribution in [2.45, 2.75) is 11.0 Å². The van der Waals surface area contributed by atoms with Crippen molar-refractivity contribution in [3.63, 3.8) is 0 Å². The molecule has 0 saturated carbocycles. The monoisotopic (exact) mass is 375 g/mol. The van der Waals surface area contributed by atoms with E-state index in [4.69, 9.17) is 0 Å². The first kappa shape index (κ1) is 18.3. The van der Waals surface area contributed by atoms with E-state index >= 15 is 0 Å². The second kappa shape index (κ2) is 5.45. The first-order valence-corrected chi connectivity index (χ1v) is 7.44. The van der Waals surface area contributed by atoms with Crippen LogP contribution in [0.4, 0.5) is 26.3 Å². The van der Waals surface area contributed by atoms with E-state index in [1.165, 1.54) is 0 Å². The van der Waals surface area contributed by atoms with Gasteiger partial charge in [-0.1, -0.05) is 0 Å². The van der Waals surface area contributed by atoms with Gasteiger partial charge in [-0.25, -0.2) is 0 Å². The van der Waals surface area contributed by atoms with Crippen LogP contribution in [0, 0.1) is 0 Å². The zero-order valence-corrected chi connectivity index (χ0v) is 11.3. The molecular formula is C7H3F6NO6S2. The molecule has 0 aliphatic heterocycles. The van der Waals surface area contributed by atoms with E-state index in [2.05, 4.69) is 13.4 Å². The molecule has 0 aliphatic rings. The molecule has 0 aliphatic carbocycles. The molecule has 1 heterocycles. The average Bonchev–Trinajstić information content (AvgIpc) is 2.28. The highest BCUT2D eigenvalue weighted by atomic mass is 32.2. The Morgan fingerprint density at radius 3 is 1.64 bits per heavy atom. The third-order valence-corrected chi connectivity index (χ3v) is 3.64. The predicted octanol–water partition coefficient (Wildman–Crippen LogP) is 1.54. The molecule has 0 saturated heterocycles. The van der Waals surface area contributed by atoms with Gasteiger partial charge in [-0.3, -0.25) is 4.98 Å². The van der Waals surface area contributed by atoms with Gasteiger partial charge in [0, 0.05) is 12.3 Å². The van der Waals surface area contributed by atoms with Crippen LogP contribution in [0.1, 0.15) is 0 Å². The lowest BCUT2D eigenvalue weighted by Gasteiger charge is -2.13. The number of hydrogen-bond donors (Lipinski definition) is 0. The molecule has 22 heavy (non-hydrogen) atoms. The smallest absolute Gasteiger partial charge is 0.372 e. The van der Waals surface area contributed by atoms with Gasteiger partial charge in [0.25, 0.3) is 0 Å². The van der Waals surface area contributed by atoms with Crippen LogP contribution in [0.5, 0.6) is 11.5 Å². The summed E-state index contributed by atoms with van der Waals surface area (Å²) >= 11 is 0. The number of nitrogens with zero attached hydrogens (tertiary/aromatic N) is 1. The van der Waals surface area contributed by atoms with E-state index in [0.29, 0.717) is 12.3 Å². The topological polar surface area (TPSA) is 99.6 Å². The highest BCUT2D eigenvalue weighted by Crippen LogP contribution is 2.35. The Morgan fingerprint density at radius 2 is 1.23 bits per heavy atom. The maximum Gasteiger partial charge on any atom is 0.534 e. The standard InChI is InChI=1S/C7H3F6NO6S2/c8-6(9,10)21(15,16)19-4-1-2-14-3-5(4)20-22(17,18)7(11,12)13/h1-3H. The number of halogens is 6. The van der Waals surface area contributed by atoms with Crippen molar-refractivity contribution < 1.29 is 51.5 Å². The number of aromatic nitrogens is 1. The second-order valence-electron chi connectivity index (χ2n) is 3.29. The molecular weight excluding hydrogens is 372 g/mol. The van der Waals surface area contributed by atoms with Crippen LogP contribution in [0.2, 0.25) is 0 Å². The molecule has 1 aromatic heterocycles. The minimum absolute atomic E-state index is 0.227. The Balaban J connectivity index is 3.23. The summed E-state index contributed by atoms with van der Waals surface area (Å²) in [5.41, 5.74) is -11.8. The van der Waals surface area contributed by atoms with Gasteiger partial charge in [0.1, 0.15) is 0 Å². The Bertz CT molecular complexity index is 687. The van der Waals surface area contributed by atoms with Crippen molar-refractivity contribution in [3.05, 3.63) is 18.5 Å². The molecule has 126 valence electrons. The average molecular weight is 375 g/mol. The highest BCUT2D eigenvalue weighted by molar-refractivity contribution is 7.88. The molecule has 0 aromatic carbocycles. The third-order valence-electron chi connectivity index (χ3n) is 1.71. The quantitative estimate of drug-likeness (QED) is 0.447. The largest absolute Gasteiger partial charge is 0.534 e. The molecule has 0 bridgehead atoms.